The molecule has 0 radical (unpaired) electrons. The van der Waals surface area contributed by atoms with Crippen molar-refractivity contribution in [3.05, 3.63) is 47.2 Å². The summed E-state index contributed by atoms with van der Waals surface area (Å²) in [6.07, 6.45) is 1.02. The fourth-order valence-corrected chi connectivity index (χ4v) is 1.54. The van der Waals surface area contributed by atoms with Gasteiger partial charge in [-0.25, -0.2) is 4.79 Å². The Morgan fingerprint density at radius 2 is 1.82 bits per heavy atom. The molecule has 1 aromatic rings. The number of rotatable bonds is 3. The first-order valence-corrected chi connectivity index (χ1v) is 4.84. The van der Waals surface area contributed by atoms with Crippen LogP contribution in [0.5, 0.6) is 0 Å². The number of carbonyl (C=O) groups is 3. The number of Topliss-reactive ketones (excluding diaryl/α,β-unsaturated/α-hetero) is 1. The number of hydrogen-bond donors (Lipinski definition) is 1. The van der Waals surface area contributed by atoms with Gasteiger partial charge in [-0.05, 0) is 0 Å². The van der Waals surface area contributed by atoms with Crippen LogP contribution in [0.2, 0.25) is 0 Å². The van der Waals surface area contributed by atoms with Crippen molar-refractivity contribution in [3.63, 3.8) is 0 Å². The van der Waals surface area contributed by atoms with Gasteiger partial charge in [-0.2, -0.15) is 0 Å². The molecule has 0 unspecified atom stereocenters. The minimum Gasteiger partial charge on any atom is -0.479 e. The van der Waals surface area contributed by atoms with Crippen molar-refractivity contribution >= 4 is 17.5 Å². The van der Waals surface area contributed by atoms with E-state index in [1.165, 1.54) is 6.07 Å². The molecule has 1 N–H and O–H groups in total. The Hall–Kier alpha value is -2.43. The Bertz CT molecular complexity index is 542. The number of ketones is 2. The van der Waals surface area contributed by atoms with E-state index in [1.807, 2.05) is 0 Å². The van der Waals surface area contributed by atoms with Crippen LogP contribution in [-0.4, -0.2) is 29.2 Å². The summed E-state index contributed by atoms with van der Waals surface area (Å²) in [6.45, 7) is -0.646. The summed E-state index contributed by atoms with van der Waals surface area (Å²) in [5.74, 6) is -2.26. The number of carboxylic acids is 1. The molecule has 0 fully saturated rings. The van der Waals surface area contributed by atoms with E-state index in [4.69, 9.17) is 9.84 Å². The van der Waals surface area contributed by atoms with E-state index in [1.54, 1.807) is 18.2 Å². The Morgan fingerprint density at radius 3 is 2.47 bits per heavy atom. The first-order valence-electron chi connectivity index (χ1n) is 4.84. The summed E-state index contributed by atoms with van der Waals surface area (Å²) in [5.41, 5.74) is 0.542. The van der Waals surface area contributed by atoms with Gasteiger partial charge in [-0.1, -0.05) is 24.3 Å². The van der Waals surface area contributed by atoms with Crippen LogP contribution >= 0.6 is 0 Å². The fourth-order valence-electron chi connectivity index (χ4n) is 1.54. The third kappa shape index (κ3) is 2.08. The molecule has 1 aliphatic rings. The van der Waals surface area contributed by atoms with Crippen molar-refractivity contribution in [1.29, 1.82) is 0 Å². The summed E-state index contributed by atoms with van der Waals surface area (Å²) in [6, 6.07) is 6.33. The van der Waals surface area contributed by atoms with Gasteiger partial charge >= 0.3 is 5.97 Å². The average Bonchev–Trinajstić information content (AvgIpc) is 2.32. The summed E-state index contributed by atoms with van der Waals surface area (Å²) in [7, 11) is 0. The molecule has 86 valence electrons. The minimum absolute atomic E-state index is 0.226. The molecular weight excluding hydrogens is 224 g/mol. The maximum atomic E-state index is 11.8. The topological polar surface area (TPSA) is 80.7 Å². The number of ether oxygens (including phenoxy) is 1. The summed E-state index contributed by atoms with van der Waals surface area (Å²) in [5, 5.41) is 8.44. The first kappa shape index (κ1) is 11.1. The second-order valence-electron chi connectivity index (χ2n) is 3.43. The molecule has 17 heavy (non-hydrogen) atoms. The first-order chi connectivity index (χ1) is 8.09. The van der Waals surface area contributed by atoms with Gasteiger partial charge in [0.2, 0.25) is 5.78 Å². The highest BCUT2D eigenvalue weighted by Gasteiger charge is 2.26. The largest absolute Gasteiger partial charge is 0.479 e. The number of carbonyl (C=O) groups excluding carboxylic acids is 2. The third-order valence-corrected chi connectivity index (χ3v) is 2.27. The van der Waals surface area contributed by atoms with Crippen molar-refractivity contribution in [1.82, 2.24) is 0 Å². The quantitative estimate of drug-likeness (QED) is 0.842. The number of benzene rings is 1. The van der Waals surface area contributed by atoms with Crippen LogP contribution in [0.15, 0.2) is 36.1 Å². The number of aliphatic carboxylic acids is 1. The van der Waals surface area contributed by atoms with Crippen LogP contribution in [0.25, 0.3) is 0 Å². The second-order valence-corrected chi connectivity index (χ2v) is 3.43. The number of fused-ring (bicyclic) bond motifs is 1. The van der Waals surface area contributed by atoms with E-state index in [9.17, 15) is 14.4 Å². The predicted molar refractivity (Wildman–Crippen MR) is 56.8 cm³/mol. The molecule has 0 saturated carbocycles. The van der Waals surface area contributed by atoms with Gasteiger partial charge in [-0.15, -0.1) is 0 Å². The SMILES string of the molecule is O=C(O)COC1=CC(=O)c2ccccc2C1=O. The van der Waals surface area contributed by atoms with E-state index in [2.05, 4.69) is 0 Å². The van der Waals surface area contributed by atoms with Crippen LogP contribution < -0.4 is 0 Å². The van der Waals surface area contributed by atoms with Crippen molar-refractivity contribution in [2.24, 2.45) is 0 Å². The average molecular weight is 232 g/mol. The van der Waals surface area contributed by atoms with Crippen LogP contribution in [0.1, 0.15) is 20.7 Å². The number of carboxylic acid groups (broad SMARTS) is 1. The second kappa shape index (κ2) is 4.21. The molecule has 1 aromatic carbocycles. The molecule has 0 aromatic heterocycles. The molecule has 5 heteroatoms. The van der Waals surface area contributed by atoms with Gasteiger partial charge in [0.05, 0.1) is 0 Å². The van der Waals surface area contributed by atoms with E-state index in [0.717, 1.165) is 6.08 Å². The summed E-state index contributed by atoms with van der Waals surface area (Å²) < 4.78 is 4.78. The molecule has 0 bridgehead atoms. The van der Waals surface area contributed by atoms with Gasteiger partial charge in [0.1, 0.15) is 0 Å². The smallest absolute Gasteiger partial charge is 0.341 e. The molecule has 1 aliphatic carbocycles. The maximum absolute atomic E-state index is 11.8. The molecule has 0 saturated heterocycles. The molecular formula is C12H8O5. The lowest BCUT2D eigenvalue weighted by molar-refractivity contribution is -0.140. The molecule has 0 amide bonds. The summed E-state index contributed by atoms with van der Waals surface area (Å²) in [4.78, 5) is 33.8. The predicted octanol–water partition coefficient (Wildman–Crippen LogP) is 1.05. The van der Waals surface area contributed by atoms with E-state index in [-0.39, 0.29) is 17.1 Å². The van der Waals surface area contributed by atoms with E-state index in [0.29, 0.717) is 5.56 Å². The highest BCUT2D eigenvalue weighted by molar-refractivity contribution is 6.23. The lowest BCUT2D eigenvalue weighted by Crippen LogP contribution is -2.20. The Kier molecular flexibility index (Phi) is 2.74. The molecule has 5 nitrogen and oxygen atoms in total. The minimum atomic E-state index is -1.20. The summed E-state index contributed by atoms with van der Waals surface area (Å²) >= 11 is 0. The van der Waals surface area contributed by atoms with Crippen LogP contribution in [0.3, 0.4) is 0 Å². The fraction of sp³-hybridized carbons (Fsp3) is 0.0833. The number of allylic oxidation sites excluding steroid dienone is 2. The molecule has 0 atom stereocenters. The van der Waals surface area contributed by atoms with Crippen LogP contribution in [0.4, 0.5) is 0 Å². The van der Waals surface area contributed by atoms with E-state index >= 15 is 0 Å². The van der Waals surface area contributed by atoms with Gasteiger partial charge in [0, 0.05) is 17.2 Å². The zero-order valence-electron chi connectivity index (χ0n) is 8.67. The highest BCUT2D eigenvalue weighted by atomic mass is 16.5. The number of hydrogen-bond acceptors (Lipinski definition) is 4. The van der Waals surface area contributed by atoms with Gasteiger partial charge in [0.25, 0.3) is 0 Å². The zero-order chi connectivity index (χ0) is 12.4. The highest BCUT2D eigenvalue weighted by Crippen LogP contribution is 2.21. The van der Waals surface area contributed by atoms with Crippen molar-refractivity contribution in [2.45, 2.75) is 0 Å². The van der Waals surface area contributed by atoms with Gasteiger partial charge < -0.3 is 9.84 Å². The van der Waals surface area contributed by atoms with Gasteiger partial charge in [-0.3, -0.25) is 9.59 Å². The third-order valence-electron chi connectivity index (χ3n) is 2.27. The normalized spacial score (nSPS) is 14.0. The van der Waals surface area contributed by atoms with Crippen molar-refractivity contribution < 1.29 is 24.2 Å². The lowest BCUT2D eigenvalue weighted by atomic mass is 9.94. The monoisotopic (exact) mass is 232 g/mol. The Labute approximate surface area is 96.3 Å². The standard InChI is InChI=1S/C12H8O5/c13-9-5-10(17-6-11(14)15)12(16)8-4-2-1-3-7(8)9/h1-5H,6H2,(H,14,15). The molecule has 0 aliphatic heterocycles. The van der Waals surface area contributed by atoms with E-state index < -0.39 is 18.4 Å². The van der Waals surface area contributed by atoms with Crippen molar-refractivity contribution in [2.75, 3.05) is 6.61 Å². The maximum Gasteiger partial charge on any atom is 0.341 e. The molecule has 0 heterocycles. The van der Waals surface area contributed by atoms with Gasteiger partial charge in [0.15, 0.2) is 18.1 Å². The molecule has 0 spiro atoms. The Morgan fingerprint density at radius 1 is 1.18 bits per heavy atom. The lowest BCUT2D eigenvalue weighted by Gasteiger charge is -2.14. The van der Waals surface area contributed by atoms with Crippen molar-refractivity contribution in [3.8, 4) is 0 Å². The Balaban J connectivity index is 2.32. The molecule has 2 rings (SSSR count). The van der Waals surface area contributed by atoms with Crippen LogP contribution in [0, 0.1) is 0 Å². The van der Waals surface area contributed by atoms with Crippen LogP contribution in [-0.2, 0) is 9.53 Å². The zero-order valence-corrected chi connectivity index (χ0v) is 8.67.